The monoisotopic (exact) mass is 186 g/mol. The van der Waals surface area contributed by atoms with Crippen LogP contribution in [0.3, 0.4) is 0 Å². The first-order chi connectivity index (χ1) is 6.13. The van der Waals surface area contributed by atoms with Gasteiger partial charge in [-0.2, -0.15) is 0 Å². The van der Waals surface area contributed by atoms with Gasteiger partial charge in [0.2, 0.25) is 5.91 Å². The fourth-order valence-electron chi connectivity index (χ4n) is 1.41. The summed E-state index contributed by atoms with van der Waals surface area (Å²) < 4.78 is 0. The molecule has 1 unspecified atom stereocenters. The van der Waals surface area contributed by atoms with E-state index in [-0.39, 0.29) is 11.8 Å². The van der Waals surface area contributed by atoms with Gasteiger partial charge in [0.1, 0.15) is 0 Å². The van der Waals surface area contributed by atoms with Crippen molar-refractivity contribution < 1.29 is 4.79 Å². The summed E-state index contributed by atoms with van der Waals surface area (Å²) in [5.74, 6) is 0.701. The average molecular weight is 186 g/mol. The van der Waals surface area contributed by atoms with E-state index in [0.717, 1.165) is 12.8 Å². The molecule has 0 rings (SSSR count). The lowest BCUT2D eigenvalue weighted by Gasteiger charge is -2.19. The highest BCUT2D eigenvalue weighted by Gasteiger charge is 2.20. The largest absolute Gasteiger partial charge is 0.356 e. The molecule has 0 aliphatic carbocycles. The normalized spacial score (nSPS) is 13.0. The van der Waals surface area contributed by atoms with Crippen LogP contribution < -0.4 is 11.1 Å². The number of carbonyl (C=O) groups excluding carboxylic acids is 1. The van der Waals surface area contributed by atoms with Crippen LogP contribution in [0.1, 0.15) is 33.6 Å². The van der Waals surface area contributed by atoms with Crippen molar-refractivity contribution in [2.45, 2.75) is 33.6 Å². The summed E-state index contributed by atoms with van der Waals surface area (Å²) in [4.78, 5) is 11.5. The summed E-state index contributed by atoms with van der Waals surface area (Å²) in [5.41, 5.74) is 5.42. The molecule has 0 radical (unpaired) electrons. The lowest BCUT2D eigenvalue weighted by molar-refractivity contribution is -0.126. The Morgan fingerprint density at radius 1 is 1.46 bits per heavy atom. The fourth-order valence-corrected chi connectivity index (χ4v) is 1.41. The van der Waals surface area contributed by atoms with Crippen molar-refractivity contribution in [1.29, 1.82) is 0 Å². The Kier molecular flexibility index (Phi) is 6.59. The van der Waals surface area contributed by atoms with Crippen LogP contribution in [-0.4, -0.2) is 19.0 Å². The third-order valence-corrected chi connectivity index (χ3v) is 2.21. The van der Waals surface area contributed by atoms with Gasteiger partial charge in [0.25, 0.3) is 0 Å². The topological polar surface area (TPSA) is 55.1 Å². The van der Waals surface area contributed by atoms with Gasteiger partial charge >= 0.3 is 0 Å². The van der Waals surface area contributed by atoms with Crippen molar-refractivity contribution in [2.24, 2.45) is 17.6 Å². The lowest BCUT2D eigenvalue weighted by Crippen LogP contribution is -2.33. The third-order valence-electron chi connectivity index (χ3n) is 2.21. The maximum Gasteiger partial charge on any atom is 0.223 e. The molecule has 3 N–H and O–H groups in total. The van der Waals surface area contributed by atoms with Crippen LogP contribution in [0.15, 0.2) is 0 Å². The maximum atomic E-state index is 11.5. The predicted molar refractivity (Wildman–Crippen MR) is 55.3 cm³/mol. The summed E-state index contributed by atoms with van der Waals surface area (Å²) >= 11 is 0. The molecule has 0 spiro atoms. The fraction of sp³-hybridized carbons (Fsp3) is 0.900. The van der Waals surface area contributed by atoms with Crippen LogP contribution in [0.4, 0.5) is 0 Å². The Morgan fingerprint density at radius 3 is 2.46 bits per heavy atom. The second kappa shape index (κ2) is 6.89. The Morgan fingerprint density at radius 2 is 2.08 bits per heavy atom. The summed E-state index contributed by atoms with van der Waals surface area (Å²) in [5, 5.41) is 2.86. The van der Waals surface area contributed by atoms with E-state index in [9.17, 15) is 4.79 Å². The Bertz CT molecular complexity index is 146. The summed E-state index contributed by atoms with van der Waals surface area (Å²) in [6.07, 6.45) is 1.83. The Hall–Kier alpha value is -0.570. The zero-order chi connectivity index (χ0) is 10.3. The quantitative estimate of drug-likeness (QED) is 0.653. The molecular formula is C10H22N2O. The van der Waals surface area contributed by atoms with Gasteiger partial charge in [0, 0.05) is 12.5 Å². The molecule has 0 saturated heterocycles. The van der Waals surface area contributed by atoms with Crippen LogP contribution in [0.25, 0.3) is 0 Å². The number of rotatable bonds is 6. The smallest absolute Gasteiger partial charge is 0.223 e. The van der Waals surface area contributed by atoms with Crippen molar-refractivity contribution >= 4 is 5.91 Å². The number of hydrogen-bond acceptors (Lipinski definition) is 2. The van der Waals surface area contributed by atoms with E-state index in [1.807, 2.05) is 6.92 Å². The molecule has 0 aromatic carbocycles. The second-order valence-electron chi connectivity index (χ2n) is 3.68. The third kappa shape index (κ3) is 4.88. The molecule has 1 amide bonds. The molecule has 0 aromatic heterocycles. The van der Waals surface area contributed by atoms with E-state index in [1.165, 1.54) is 0 Å². The first-order valence-electron chi connectivity index (χ1n) is 5.11. The van der Waals surface area contributed by atoms with Crippen molar-refractivity contribution in [3.05, 3.63) is 0 Å². The van der Waals surface area contributed by atoms with Crippen molar-refractivity contribution in [1.82, 2.24) is 5.32 Å². The van der Waals surface area contributed by atoms with Gasteiger partial charge in [-0.3, -0.25) is 4.79 Å². The molecule has 13 heavy (non-hydrogen) atoms. The molecule has 3 heteroatoms. The van der Waals surface area contributed by atoms with E-state index in [1.54, 1.807) is 0 Å². The van der Waals surface area contributed by atoms with Crippen LogP contribution in [0.5, 0.6) is 0 Å². The lowest BCUT2D eigenvalue weighted by atomic mass is 9.90. The SMILES string of the molecule is CCNC(=O)C(CCCN)C(C)C. The standard InChI is InChI=1S/C10H22N2O/c1-4-12-10(13)9(8(2)3)6-5-7-11/h8-9H,4-7,11H2,1-3H3,(H,12,13). The highest BCUT2D eigenvalue weighted by atomic mass is 16.1. The van der Waals surface area contributed by atoms with Gasteiger partial charge in [-0.1, -0.05) is 13.8 Å². The molecular weight excluding hydrogens is 164 g/mol. The number of amides is 1. The van der Waals surface area contributed by atoms with Crippen molar-refractivity contribution in [3.8, 4) is 0 Å². The molecule has 0 fully saturated rings. The van der Waals surface area contributed by atoms with Gasteiger partial charge in [-0.05, 0) is 32.2 Å². The number of hydrogen-bond donors (Lipinski definition) is 2. The van der Waals surface area contributed by atoms with Crippen molar-refractivity contribution in [2.75, 3.05) is 13.1 Å². The van der Waals surface area contributed by atoms with Crippen LogP contribution >= 0.6 is 0 Å². The molecule has 78 valence electrons. The summed E-state index contributed by atoms with van der Waals surface area (Å²) in [6, 6.07) is 0. The van der Waals surface area contributed by atoms with E-state index >= 15 is 0 Å². The van der Waals surface area contributed by atoms with Gasteiger partial charge in [-0.25, -0.2) is 0 Å². The Labute approximate surface area is 81.1 Å². The first kappa shape index (κ1) is 12.4. The summed E-state index contributed by atoms with van der Waals surface area (Å²) in [6.45, 7) is 7.48. The molecule has 0 aromatic rings. The number of nitrogens with one attached hydrogen (secondary N) is 1. The molecule has 0 aliphatic rings. The highest BCUT2D eigenvalue weighted by Crippen LogP contribution is 2.16. The van der Waals surface area contributed by atoms with Crippen LogP contribution in [0, 0.1) is 11.8 Å². The van der Waals surface area contributed by atoms with Gasteiger partial charge in [0.05, 0.1) is 0 Å². The molecule has 0 aliphatic heterocycles. The van der Waals surface area contributed by atoms with Gasteiger partial charge in [-0.15, -0.1) is 0 Å². The van der Waals surface area contributed by atoms with Crippen molar-refractivity contribution in [3.63, 3.8) is 0 Å². The Balaban J connectivity index is 3.99. The zero-order valence-electron chi connectivity index (χ0n) is 8.97. The molecule has 1 atom stereocenters. The van der Waals surface area contributed by atoms with E-state index in [0.29, 0.717) is 19.0 Å². The van der Waals surface area contributed by atoms with Gasteiger partial charge < -0.3 is 11.1 Å². The highest BCUT2D eigenvalue weighted by molar-refractivity contribution is 5.78. The van der Waals surface area contributed by atoms with Crippen LogP contribution in [-0.2, 0) is 4.79 Å². The van der Waals surface area contributed by atoms with Gasteiger partial charge in [0.15, 0.2) is 0 Å². The maximum absolute atomic E-state index is 11.5. The van der Waals surface area contributed by atoms with E-state index < -0.39 is 0 Å². The molecule has 3 nitrogen and oxygen atoms in total. The molecule has 0 heterocycles. The second-order valence-corrected chi connectivity index (χ2v) is 3.68. The number of nitrogens with two attached hydrogens (primary N) is 1. The molecule has 0 bridgehead atoms. The predicted octanol–water partition coefficient (Wildman–Crippen LogP) is 1.13. The minimum Gasteiger partial charge on any atom is -0.356 e. The van der Waals surface area contributed by atoms with E-state index in [2.05, 4.69) is 19.2 Å². The molecule has 0 saturated carbocycles. The minimum absolute atomic E-state index is 0.128. The first-order valence-corrected chi connectivity index (χ1v) is 5.11. The summed E-state index contributed by atoms with van der Waals surface area (Å²) in [7, 11) is 0. The van der Waals surface area contributed by atoms with E-state index in [4.69, 9.17) is 5.73 Å². The zero-order valence-corrected chi connectivity index (χ0v) is 8.97. The minimum atomic E-state index is 0.128. The van der Waals surface area contributed by atoms with Crippen LogP contribution in [0.2, 0.25) is 0 Å². The number of carbonyl (C=O) groups is 1. The average Bonchev–Trinajstić information content (AvgIpc) is 2.05.